The highest BCUT2D eigenvalue weighted by Crippen LogP contribution is 2.40. The van der Waals surface area contributed by atoms with E-state index >= 15 is 0 Å². The lowest BCUT2D eigenvalue weighted by Gasteiger charge is -2.41. The van der Waals surface area contributed by atoms with E-state index in [0.29, 0.717) is 12.0 Å². The molecular weight excluding hydrogens is 478 g/mol. The van der Waals surface area contributed by atoms with Gasteiger partial charge in [0.2, 0.25) is 0 Å². The summed E-state index contributed by atoms with van der Waals surface area (Å²) in [4.78, 5) is 14.3. The first-order valence-electron chi connectivity index (χ1n) is 14.2. The van der Waals surface area contributed by atoms with Crippen LogP contribution in [0, 0.1) is 0 Å². The Labute approximate surface area is 228 Å². The highest BCUT2D eigenvalue weighted by atomic mass is 35.5. The number of anilines is 1. The molecule has 3 unspecified atom stereocenters. The largest absolute Gasteiger partial charge is 0.366 e. The van der Waals surface area contributed by atoms with Gasteiger partial charge in [-0.05, 0) is 88.2 Å². The number of pyridine rings is 1. The molecule has 1 fully saturated rings. The fourth-order valence-corrected chi connectivity index (χ4v) is 6.02. The summed E-state index contributed by atoms with van der Waals surface area (Å²) < 4.78 is 0. The number of unbranched alkanes of at least 4 members (excludes halogenated alkanes) is 3. The van der Waals surface area contributed by atoms with E-state index in [-0.39, 0.29) is 6.04 Å². The number of rotatable bonds is 11. The van der Waals surface area contributed by atoms with Gasteiger partial charge in [0, 0.05) is 29.7 Å². The molecule has 0 amide bonds. The fraction of sp³-hybridized carbons (Fsp3) is 0.548. The Balaban J connectivity index is 1.45. The van der Waals surface area contributed by atoms with Crippen LogP contribution in [0.2, 0.25) is 5.02 Å². The topological polar surface area (TPSA) is 57.8 Å². The summed E-state index contributed by atoms with van der Waals surface area (Å²) in [5.74, 6) is 0.291. The normalized spacial score (nSPS) is 20.6. The number of nitrogens with zero attached hydrogens (tertiary/aromatic N) is 4. The number of aromatic nitrogens is 1. The maximum absolute atomic E-state index is 6.76. The molecule has 0 saturated carbocycles. The number of hydrogen-bond acceptors (Lipinski definition) is 5. The molecule has 200 valence electrons. The standard InChI is InChI=1S/C31H44ClN5/c1-5-29-31(36-20-22(2)34-21-36)16-15-30(35-29)24(4)37-18-10-12-27(23(37)3)26-14-13-25(28(32)19-26)11-8-6-7-9-17-33/h13-16,19,21-22,24,27H,3,5-12,17-18,20,33H2,1-2,4H3. The van der Waals surface area contributed by atoms with Gasteiger partial charge in [-0.15, -0.1) is 0 Å². The summed E-state index contributed by atoms with van der Waals surface area (Å²) in [6.07, 6.45) is 10.8. The molecule has 0 spiro atoms. The molecule has 2 aromatic rings. The average molecular weight is 522 g/mol. The summed E-state index contributed by atoms with van der Waals surface area (Å²) in [6.45, 7) is 13.9. The quantitative estimate of drug-likeness (QED) is 0.322. The van der Waals surface area contributed by atoms with Crippen LogP contribution in [0.3, 0.4) is 0 Å². The van der Waals surface area contributed by atoms with Crippen LogP contribution in [0.25, 0.3) is 0 Å². The van der Waals surface area contributed by atoms with Crippen LogP contribution in [-0.2, 0) is 12.8 Å². The second kappa shape index (κ2) is 12.9. The summed E-state index contributed by atoms with van der Waals surface area (Å²) >= 11 is 6.76. The summed E-state index contributed by atoms with van der Waals surface area (Å²) in [6, 6.07) is 11.6. The third-order valence-electron chi connectivity index (χ3n) is 7.98. The van der Waals surface area contributed by atoms with Crippen molar-refractivity contribution in [2.24, 2.45) is 10.7 Å². The lowest BCUT2D eigenvalue weighted by Crippen LogP contribution is -2.34. The van der Waals surface area contributed by atoms with Gasteiger partial charge in [-0.25, -0.2) is 0 Å². The van der Waals surface area contributed by atoms with Gasteiger partial charge in [0.25, 0.3) is 0 Å². The molecule has 4 rings (SSSR count). The Hall–Kier alpha value is -2.37. The minimum Gasteiger partial charge on any atom is -0.366 e. The molecule has 2 N–H and O–H groups in total. The molecule has 2 aliphatic heterocycles. The molecule has 1 aromatic heterocycles. The van der Waals surface area contributed by atoms with Crippen LogP contribution >= 0.6 is 11.6 Å². The monoisotopic (exact) mass is 521 g/mol. The van der Waals surface area contributed by atoms with Crippen LogP contribution in [0.1, 0.15) is 93.8 Å². The van der Waals surface area contributed by atoms with Gasteiger partial charge in [-0.3, -0.25) is 9.98 Å². The van der Waals surface area contributed by atoms with Gasteiger partial charge in [0.15, 0.2) is 0 Å². The van der Waals surface area contributed by atoms with Gasteiger partial charge >= 0.3 is 0 Å². The van der Waals surface area contributed by atoms with Crippen molar-refractivity contribution in [2.45, 2.75) is 90.1 Å². The number of halogens is 1. The molecule has 0 bridgehead atoms. The molecule has 2 aliphatic rings. The molecule has 1 saturated heterocycles. The zero-order valence-electron chi connectivity index (χ0n) is 22.9. The first-order chi connectivity index (χ1) is 17.9. The Morgan fingerprint density at radius 1 is 1.16 bits per heavy atom. The van der Waals surface area contributed by atoms with Gasteiger partial charge in [-0.1, -0.05) is 50.1 Å². The lowest BCUT2D eigenvalue weighted by molar-refractivity contribution is 0.214. The molecule has 6 heteroatoms. The molecule has 0 aliphatic carbocycles. The number of piperidine rings is 1. The predicted octanol–water partition coefficient (Wildman–Crippen LogP) is 7.05. The zero-order valence-corrected chi connectivity index (χ0v) is 23.7. The summed E-state index contributed by atoms with van der Waals surface area (Å²) in [5, 5.41) is 0.888. The highest BCUT2D eigenvalue weighted by molar-refractivity contribution is 6.31. The third-order valence-corrected chi connectivity index (χ3v) is 8.33. The third kappa shape index (κ3) is 6.56. The zero-order chi connectivity index (χ0) is 26.4. The van der Waals surface area contributed by atoms with Crippen LogP contribution in [0.5, 0.6) is 0 Å². The predicted molar refractivity (Wildman–Crippen MR) is 158 cm³/mol. The van der Waals surface area contributed by atoms with E-state index in [1.54, 1.807) is 0 Å². The minimum absolute atomic E-state index is 0.170. The molecule has 37 heavy (non-hydrogen) atoms. The number of allylic oxidation sites excluding steroid dienone is 1. The maximum atomic E-state index is 6.76. The molecule has 0 radical (unpaired) electrons. The molecular formula is C31H44ClN5. The van der Waals surface area contributed by atoms with E-state index < -0.39 is 0 Å². The van der Waals surface area contributed by atoms with Crippen LogP contribution < -0.4 is 10.6 Å². The number of nitrogens with two attached hydrogens (primary N) is 1. The van der Waals surface area contributed by atoms with Crippen molar-refractivity contribution in [1.82, 2.24) is 9.88 Å². The van der Waals surface area contributed by atoms with Crippen molar-refractivity contribution in [3.05, 3.63) is 70.1 Å². The van der Waals surface area contributed by atoms with E-state index in [9.17, 15) is 0 Å². The van der Waals surface area contributed by atoms with Crippen molar-refractivity contribution in [3.8, 4) is 0 Å². The number of aliphatic imine (C=N–C) groups is 1. The van der Waals surface area contributed by atoms with Gasteiger partial charge in [0.05, 0.1) is 35.5 Å². The van der Waals surface area contributed by atoms with Crippen LogP contribution in [0.15, 0.2) is 47.6 Å². The van der Waals surface area contributed by atoms with Crippen LogP contribution in [-0.4, -0.2) is 41.9 Å². The van der Waals surface area contributed by atoms with Crippen molar-refractivity contribution in [3.63, 3.8) is 0 Å². The van der Waals surface area contributed by atoms with Crippen molar-refractivity contribution < 1.29 is 0 Å². The lowest BCUT2D eigenvalue weighted by atomic mass is 9.86. The fourth-order valence-electron chi connectivity index (χ4n) is 5.73. The maximum Gasteiger partial charge on any atom is 0.0899 e. The number of likely N-dealkylation sites (tertiary alicyclic amines) is 1. The molecule has 1 aromatic carbocycles. The second-order valence-corrected chi connectivity index (χ2v) is 11.1. The molecule has 5 nitrogen and oxygen atoms in total. The van der Waals surface area contributed by atoms with Crippen molar-refractivity contribution in [1.29, 1.82) is 0 Å². The first kappa shape index (κ1) is 27.7. The Morgan fingerprint density at radius 3 is 2.68 bits per heavy atom. The first-order valence-corrected chi connectivity index (χ1v) is 14.5. The van der Waals surface area contributed by atoms with Crippen molar-refractivity contribution >= 4 is 23.6 Å². The van der Waals surface area contributed by atoms with E-state index in [4.69, 9.17) is 22.3 Å². The van der Waals surface area contributed by atoms with Crippen LogP contribution in [0.4, 0.5) is 5.69 Å². The number of hydrogen-bond donors (Lipinski definition) is 1. The van der Waals surface area contributed by atoms with E-state index in [2.05, 4.69) is 72.5 Å². The Bertz CT molecular complexity index is 1100. The minimum atomic E-state index is 0.170. The van der Waals surface area contributed by atoms with Gasteiger partial charge in [-0.2, -0.15) is 0 Å². The Kier molecular flexibility index (Phi) is 9.66. The highest BCUT2D eigenvalue weighted by Gasteiger charge is 2.30. The smallest absolute Gasteiger partial charge is 0.0899 e. The number of aryl methyl sites for hydroxylation is 2. The van der Waals surface area contributed by atoms with Gasteiger partial charge in [0.1, 0.15) is 0 Å². The summed E-state index contributed by atoms with van der Waals surface area (Å²) in [7, 11) is 0. The van der Waals surface area contributed by atoms with E-state index in [1.165, 1.54) is 35.4 Å². The Morgan fingerprint density at radius 2 is 1.97 bits per heavy atom. The van der Waals surface area contributed by atoms with E-state index in [1.807, 2.05) is 6.34 Å². The number of benzene rings is 1. The molecule has 3 atom stereocenters. The van der Waals surface area contributed by atoms with E-state index in [0.717, 1.165) is 74.6 Å². The molecule has 3 heterocycles. The summed E-state index contributed by atoms with van der Waals surface area (Å²) in [5.41, 5.74) is 12.7. The second-order valence-electron chi connectivity index (χ2n) is 10.7. The van der Waals surface area contributed by atoms with Gasteiger partial charge < -0.3 is 15.5 Å². The van der Waals surface area contributed by atoms with Crippen molar-refractivity contribution in [2.75, 3.05) is 24.5 Å². The average Bonchev–Trinajstić information content (AvgIpc) is 3.34. The SMILES string of the molecule is C=C1C(c2ccc(CCCCCCN)c(Cl)c2)CCCN1C(C)c1ccc(N2C=NC(C)C2)c(CC)n1.